The zero-order valence-electron chi connectivity index (χ0n) is 14.9. The lowest BCUT2D eigenvalue weighted by Crippen LogP contribution is -2.41. The van der Waals surface area contributed by atoms with Crippen molar-refractivity contribution in [1.82, 2.24) is 15.3 Å². The highest BCUT2D eigenvalue weighted by Crippen LogP contribution is 2.25. The number of sulfone groups is 1. The van der Waals surface area contributed by atoms with Crippen LogP contribution in [0, 0.1) is 12.9 Å². The number of pyridine rings is 2. The number of hydrogen-bond acceptors (Lipinski definition) is 6. The van der Waals surface area contributed by atoms with Gasteiger partial charge >= 0.3 is 0 Å². The Hall–Kier alpha value is -2.06. The van der Waals surface area contributed by atoms with Crippen LogP contribution >= 0.6 is 0 Å². The smallest absolute Gasteiger partial charge is 0.213 e. The van der Waals surface area contributed by atoms with E-state index in [-0.39, 0.29) is 16.5 Å². The molecule has 1 aliphatic heterocycles. The average Bonchev–Trinajstić information content (AvgIpc) is 2.61. The molecule has 1 fully saturated rings. The summed E-state index contributed by atoms with van der Waals surface area (Å²) in [5.41, 5.74) is 1.95. The highest BCUT2D eigenvalue weighted by Gasteiger charge is 2.23. The maximum atomic E-state index is 13.2. The van der Waals surface area contributed by atoms with Gasteiger partial charge in [-0.2, -0.15) is 4.39 Å². The number of hydrogen-bond donors (Lipinski definition) is 1. The third kappa shape index (κ3) is 4.19. The Bertz CT molecular complexity index is 883. The van der Waals surface area contributed by atoms with Crippen LogP contribution in [0.15, 0.2) is 35.5 Å². The van der Waals surface area contributed by atoms with Crippen molar-refractivity contribution in [2.24, 2.45) is 0 Å². The first kappa shape index (κ1) is 18.7. The Morgan fingerprint density at radius 1 is 1.31 bits per heavy atom. The molecule has 2 aromatic rings. The van der Waals surface area contributed by atoms with E-state index in [4.69, 9.17) is 0 Å². The predicted octanol–water partition coefficient (Wildman–Crippen LogP) is 2.09. The first-order valence-corrected chi connectivity index (χ1v) is 10.3. The topological polar surface area (TPSA) is 75.2 Å². The van der Waals surface area contributed by atoms with Crippen LogP contribution in [0.3, 0.4) is 0 Å². The second kappa shape index (κ2) is 7.67. The zero-order valence-corrected chi connectivity index (χ0v) is 15.8. The van der Waals surface area contributed by atoms with Crippen molar-refractivity contribution in [2.45, 2.75) is 36.6 Å². The zero-order chi connectivity index (χ0) is 18.7. The molecule has 140 valence electrons. The van der Waals surface area contributed by atoms with Gasteiger partial charge in [-0.3, -0.25) is 0 Å². The fraction of sp³-hybridized carbons (Fsp3) is 0.444. The molecule has 0 spiro atoms. The first-order chi connectivity index (χ1) is 12.4. The standard InChI is InChI=1S/C18H23FN4O2S/c1-13-10-18(26(24,25)12-14-4-3-5-17(19)22-14)21-11-16(13)23(2)15-6-8-20-9-7-15/h3-5,10-11,15,20H,6-9,12H2,1-2H3. The number of nitrogens with one attached hydrogen (secondary N) is 1. The summed E-state index contributed by atoms with van der Waals surface area (Å²) in [6.45, 7) is 3.84. The van der Waals surface area contributed by atoms with E-state index >= 15 is 0 Å². The molecule has 8 heteroatoms. The number of nitrogens with zero attached hydrogens (tertiary/aromatic N) is 3. The molecule has 26 heavy (non-hydrogen) atoms. The largest absolute Gasteiger partial charge is 0.370 e. The highest BCUT2D eigenvalue weighted by atomic mass is 32.2. The molecule has 0 atom stereocenters. The van der Waals surface area contributed by atoms with E-state index in [1.807, 2.05) is 14.0 Å². The van der Waals surface area contributed by atoms with Crippen LogP contribution in [-0.4, -0.2) is 44.6 Å². The van der Waals surface area contributed by atoms with Gasteiger partial charge in [0.1, 0.15) is 0 Å². The molecule has 1 aliphatic rings. The second-order valence-corrected chi connectivity index (χ2v) is 8.55. The Kier molecular flexibility index (Phi) is 5.52. The number of aryl methyl sites for hydroxylation is 1. The SMILES string of the molecule is Cc1cc(S(=O)(=O)Cc2cccc(F)n2)ncc1N(C)C1CCNCC1. The molecule has 2 aromatic heterocycles. The lowest BCUT2D eigenvalue weighted by molar-refractivity contribution is 0.443. The molecule has 0 aliphatic carbocycles. The van der Waals surface area contributed by atoms with Crippen molar-refractivity contribution in [2.75, 3.05) is 25.0 Å². The van der Waals surface area contributed by atoms with E-state index in [1.54, 1.807) is 12.3 Å². The molecular formula is C18H23FN4O2S. The fourth-order valence-electron chi connectivity index (χ4n) is 3.25. The molecule has 0 unspecified atom stereocenters. The van der Waals surface area contributed by atoms with Crippen LogP contribution in [0.5, 0.6) is 0 Å². The van der Waals surface area contributed by atoms with Gasteiger partial charge < -0.3 is 10.2 Å². The minimum atomic E-state index is -3.69. The molecule has 0 aromatic carbocycles. The molecule has 1 saturated heterocycles. The van der Waals surface area contributed by atoms with E-state index in [9.17, 15) is 12.8 Å². The molecule has 6 nitrogen and oxygen atoms in total. The number of aromatic nitrogens is 2. The molecule has 1 N–H and O–H groups in total. The number of halogens is 1. The van der Waals surface area contributed by atoms with Crippen LogP contribution in [0.25, 0.3) is 0 Å². The van der Waals surface area contributed by atoms with Gasteiger partial charge in [-0.05, 0) is 56.6 Å². The van der Waals surface area contributed by atoms with Gasteiger partial charge in [-0.15, -0.1) is 0 Å². The van der Waals surface area contributed by atoms with E-state index in [0.717, 1.165) is 37.2 Å². The Morgan fingerprint density at radius 3 is 2.69 bits per heavy atom. The highest BCUT2D eigenvalue weighted by molar-refractivity contribution is 7.90. The van der Waals surface area contributed by atoms with E-state index < -0.39 is 15.8 Å². The quantitative estimate of drug-likeness (QED) is 0.803. The van der Waals surface area contributed by atoms with Crippen molar-refractivity contribution < 1.29 is 12.8 Å². The van der Waals surface area contributed by atoms with Crippen molar-refractivity contribution >= 4 is 15.5 Å². The van der Waals surface area contributed by atoms with Gasteiger partial charge in [-0.25, -0.2) is 18.4 Å². The fourth-order valence-corrected chi connectivity index (χ4v) is 4.52. The van der Waals surface area contributed by atoms with Crippen LogP contribution in [-0.2, 0) is 15.6 Å². The van der Waals surface area contributed by atoms with Crippen LogP contribution < -0.4 is 10.2 Å². The summed E-state index contributed by atoms with van der Waals surface area (Å²) < 4.78 is 38.4. The third-order valence-electron chi connectivity index (χ3n) is 4.72. The summed E-state index contributed by atoms with van der Waals surface area (Å²) >= 11 is 0. The first-order valence-electron chi connectivity index (χ1n) is 8.61. The maximum Gasteiger partial charge on any atom is 0.213 e. The molecule has 0 bridgehead atoms. The van der Waals surface area contributed by atoms with E-state index in [0.29, 0.717) is 6.04 Å². The summed E-state index contributed by atoms with van der Waals surface area (Å²) in [5.74, 6) is -1.07. The van der Waals surface area contributed by atoms with Gasteiger partial charge in [-0.1, -0.05) is 6.07 Å². The maximum absolute atomic E-state index is 13.2. The molecule has 3 heterocycles. The third-order valence-corrected chi connectivity index (χ3v) is 6.26. The summed E-state index contributed by atoms with van der Waals surface area (Å²) in [6, 6.07) is 6.12. The van der Waals surface area contributed by atoms with Crippen LogP contribution in [0.1, 0.15) is 24.1 Å². The summed E-state index contributed by atoms with van der Waals surface area (Å²) in [5, 5.41) is 3.33. The second-order valence-electron chi connectivity index (χ2n) is 6.61. The Morgan fingerprint density at radius 2 is 2.04 bits per heavy atom. The normalized spacial score (nSPS) is 15.8. The van der Waals surface area contributed by atoms with Gasteiger partial charge in [0.25, 0.3) is 0 Å². The molecule has 3 rings (SSSR count). The van der Waals surface area contributed by atoms with Crippen molar-refractivity contribution in [3.8, 4) is 0 Å². The molecule has 0 amide bonds. The summed E-state index contributed by atoms with van der Waals surface area (Å²) in [6.07, 6.45) is 3.70. The molecule has 0 radical (unpaired) electrons. The predicted molar refractivity (Wildman–Crippen MR) is 98.4 cm³/mol. The Balaban J connectivity index is 1.81. The van der Waals surface area contributed by atoms with Gasteiger partial charge in [0.15, 0.2) is 5.03 Å². The minimum absolute atomic E-state index is 0.0106. The van der Waals surface area contributed by atoms with Crippen molar-refractivity contribution in [1.29, 1.82) is 0 Å². The summed E-state index contributed by atoms with van der Waals surface area (Å²) in [4.78, 5) is 9.98. The van der Waals surface area contributed by atoms with Gasteiger partial charge in [0.05, 0.1) is 23.3 Å². The number of piperidine rings is 1. The van der Waals surface area contributed by atoms with E-state index in [1.165, 1.54) is 18.2 Å². The minimum Gasteiger partial charge on any atom is -0.370 e. The molecular weight excluding hydrogens is 355 g/mol. The van der Waals surface area contributed by atoms with Crippen molar-refractivity contribution in [3.63, 3.8) is 0 Å². The summed E-state index contributed by atoms with van der Waals surface area (Å²) in [7, 11) is -1.67. The lowest BCUT2D eigenvalue weighted by atomic mass is 10.0. The van der Waals surface area contributed by atoms with Gasteiger partial charge in [0.2, 0.25) is 15.8 Å². The monoisotopic (exact) mass is 378 g/mol. The van der Waals surface area contributed by atoms with Crippen molar-refractivity contribution in [3.05, 3.63) is 47.7 Å². The van der Waals surface area contributed by atoms with Crippen LogP contribution in [0.2, 0.25) is 0 Å². The number of rotatable bonds is 5. The van der Waals surface area contributed by atoms with Gasteiger partial charge in [0, 0.05) is 13.1 Å². The lowest BCUT2D eigenvalue weighted by Gasteiger charge is -2.34. The van der Waals surface area contributed by atoms with Crippen LogP contribution in [0.4, 0.5) is 10.1 Å². The Labute approximate surface area is 153 Å². The average molecular weight is 378 g/mol. The molecule has 0 saturated carbocycles. The number of anilines is 1. The van der Waals surface area contributed by atoms with E-state index in [2.05, 4.69) is 20.2 Å².